The molecular formula is C17H26N2O2. The standard InChI is InChI=1S/C17H26N2O2/c1-12-6-5-7-13(10-12)14-8-9-19(11-15(14)18)16(20)21-17(2,3)4/h5-7,10,14-15H,8-9,11,18H2,1-4H3/t14-,15+/m1/s1. The number of likely N-dealkylation sites (tertiary alicyclic amines) is 1. The first kappa shape index (κ1) is 15.8. The third-order valence-corrected chi connectivity index (χ3v) is 3.78. The summed E-state index contributed by atoms with van der Waals surface area (Å²) in [7, 11) is 0. The van der Waals surface area contributed by atoms with Gasteiger partial charge in [0.05, 0.1) is 0 Å². The Morgan fingerprint density at radius 3 is 2.67 bits per heavy atom. The molecule has 1 heterocycles. The van der Waals surface area contributed by atoms with Gasteiger partial charge in [-0.25, -0.2) is 4.79 Å². The van der Waals surface area contributed by atoms with Gasteiger partial charge >= 0.3 is 6.09 Å². The van der Waals surface area contributed by atoms with Gasteiger partial charge in [0.25, 0.3) is 0 Å². The molecule has 4 heteroatoms. The molecule has 0 unspecified atom stereocenters. The predicted octanol–water partition coefficient (Wildman–Crippen LogP) is 3.05. The zero-order valence-electron chi connectivity index (χ0n) is 13.4. The summed E-state index contributed by atoms with van der Waals surface area (Å²) >= 11 is 0. The number of carbonyl (C=O) groups excluding carboxylic acids is 1. The minimum Gasteiger partial charge on any atom is -0.444 e. The fourth-order valence-electron chi connectivity index (χ4n) is 2.79. The van der Waals surface area contributed by atoms with Gasteiger partial charge in [-0.15, -0.1) is 0 Å². The van der Waals surface area contributed by atoms with Gasteiger partial charge in [-0.05, 0) is 39.7 Å². The summed E-state index contributed by atoms with van der Waals surface area (Å²) in [5.41, 5.74) is 8.35. The maximum atomic E-state index is 12.1. The van der Waals surface area contributed by atoms with Crippen LogP contribution in [0.15, 0.2) is 24.3 Å². The number of amides is 1. The Balaban J connectivity index is 2.01. The molecule has 0 spiro atoms. The largest absolute Gasteiger partial charge is 0.444 e. The Hall–Kier alpha value is -1.55. The maximum Gasteiger partial charge on any atom is 0.410 e. The number of carbonyl (C=O) groups is 1. The van der Waals surface area contributed by atoms with Crippen LogP contribution in [0.4, 0.5) is 4.79 Å². The lowest BCUT2D eigenvalue weighted by Crippen LogP contribution is -2.50. The van der Waals surface area contributed by atoms with E-state index in [0.29, 0.717) is 19.0 Å². The molecule has 0 saturated carbocycles. The van der Waals surface area contributed by atoms with Crippen molar-refractivity contribution in [3.8, 4) is 0 Å². The lowest BCUT2D eigenvalue weighted by atomic mass is 9.85. The average molecular weight is 290 g/mol. The number of hydrogen-bond donors (Lipinski definition) is 1. The minimum atomic E-state index is -0.464. The maximum absolute atomic E-state index is 12.1. The number of piperidine rings is 1. The van der Waals surface area contributed by atoms with Gasteiger partial charge in [-0.2, -0.15) is 0 Å². The number of benzene rings is 1. The van der Waals surface area contributed by atoms with Gasteiger partial charge < -0.3 is 15.4 Å². The summed E-state index contributed by atoms with van der Waals surface area (Å²) < 4.78 is 5.42. The molecule has 1 aromatic carbocycles. The first-order chi connectivity index (χ1) is 9.76. The van der Waals surface area contributed by atoms with Gasteiger partial charge in [-0.3, -0.25) is 0 Å². The van der Waals surface area contributed by atoms with E-state index in [-0.39, 0.29) is 12.1 Å². The van der Waals surface area contributed by atoms with Crippen molar-refractivity contribution in [2.75, 3.05) is 13.1 Å². The summed E-state index contributed by atoms with van der Waals surface area (Å²) in [4.78, 5) is 13.8. The van der Waals surface area contributed by atoms with E-state index in [1.165, 1.54) is 11.1 Å². The number of aryl methyl sites for hydroxylation is 1. The molecule has 4 nitrogen and oxygen atoms in total. The van der Waals surface area contributed by atoms with Crippen LogP contribution in [-0.2, 0) is 4.74 Å². The van der Waals surface area contributed by atoms with Gasteiger partial charge in [-0.1, -0.05) is 29.8 Å². The molecule has 0 bridgehead atoms. The third kappa shape index (κ3) is 4.21. The van der Waals surface area contributed by atoms with Crippen molar-refractivity contribution in [2.24, 2.45) is 5.73 Å². The van der Waals surface area contributed by atoms with Crippen LogP contribution in [0.1, 0.15) is 44.2 Å². The second kappa shape index (κ2) is 6.06. The number of rotatable bonds is 1. The summed E-state index contributed by atoms with van der Waals surface area (Å²) in [6.07, 6.45) is 0.616. The van der Waals surface area contributed by atoms with E-state index in [1.54, 1.807) is 4.90 Å². The van der Waals surface area contributed by atoms with E-state index < -0.39 is 5.60 Å². The fourth-order valence-corrected chi connectivity index (χ4v) is 2.79. The van der Waals surface area contributed by atoms with E-state index in [1.807, 2.05) is 20.8 Å². The summed E-state index contributed by atoms with van der Waals surface area (Å²) in [5, 5.41) is 0. The zero-order valence-corrected chi connectivity index (χ0v) is 13.4. The van der Waals surface area contributed by atoms with E-state index in [0.717, 1.165) is 6.42 Å². The van der Waals surface area contributed by atoms with Crippen LogP contribution >= 0.6 is 0 Å². The molecule has 1 aliphatic rings. The van der Waals surface area contributed by atoms with Crippen LogP contribution in [0.3, 0.4) is 0 Å². The van der Waals surface area contributed by atoms with Crippen molar-refractivity contribution < 1.29 is 9.53 Å². The van der Waals surface area contributed by atoms with Crippen molar-refractivity contribution >= 4 is 6.09 Å². The van der Waals surface area contributed by atoms with Crippen LogP contribution < -0.4 is 5.73 Å². The molecule has 0 aliphatic carbocycles. The van der Waals surface area contributed by atoms with E-state index in [2.05, 4.69) is 31.2 Å². The average Bonchev–Trinajstić information content (AvgIpc) is 2.36. The molecular weight excluding hydrogens is 264 g/mol. The van der Waals surface area contributed by atoms with Crippen molar-refractivity contribution in [1.29, 1.82) is 0 Å². The molecule has 2 atom stereocenters. The topological polar surface area (TPSA) is 55.6 Å². The number of ether oxygens (including phenoxy) is 1. The quantitative estimate of drug-likeness (QED) is 0.865. The van der Waals surface area contributed by atoms with E-state index >= 15 is 0 Å². The van der Waals surface area contributed by atoms with E-state index in [4.69, 9.17) is 10.5 Å². The Morgan fingerprint density at radius 2 is 2.10 bits per heavy atom. The Bertz CT molecular complexity index is 508. The molecule has 0 aromatic heterocycles. The van der Waals surface area contributed by atoms with Gasteiger partial charge in [0.1, 0.15) is 5.60 Å². The van der Waals surface area contributed by atoms with Gasteiger partial charge in [0.2, 0.25) is 0 Å². The SMILES string of the molecule is Cc1cccc([C@H]2CCN(C(=O)OC(C)(C)C)C[C@@H]2N)c1. The number of nitrogens with zero attached hydrogens (tertiary/aromatic N) is 1. The predicted molar refractivity (Wildman–Crippen MR) is 84.3 cm³/mol. The van der Waals surface area contributed by atoms with Crippen LogP contribution in [0.2, 0.25) is 0 Å². The normalized spacial score (nSPS) is 23.0. The van der Waals surface area contributed by atoms with Crippen LogP contribution in [0.5, 0.6) is 0 Å². The molecule has 1 amide bonds. The first-order valence-electron chi connectivity index (χ1n) is 7.56. The van der Waals surface area contributed by atoms with Crippen molar-refractivity contribution in [3.63, 3.8) is 0 Å². The summed E-state index contributed by atoms with van der Waals surface area (Å²) in [6.45, 7) is 8.97. The fraction of sp³-hybridized carbons (Fsp3) is 0.588. The van der Waals surface area contributed by atoms with Crippen LogP contribution in [0, 0.1) is 6.92 Å². The Kier molecular flexibility index (Phi) is 4.57. The highest BCUT2D eigenvalue weighted by Crippen LogP contribution is 2.28. The van der Waals surface area contributed by atoms with E-state index in [9.17, 15) is 4.79 Å². The molecule has 1 aliphatic heterocycles. The van der Waals surface area contributed by atoms with Gasteiger partial charge in [0.15, 0.2) is 0 Å². The molecule has 1 aromatic rings. The molecule has 1 fully saturated rings. The lowest BCUT2D eigenvalue weighted by Gasteiger charge is -2.37. The molecule has 2 N–H and O–H groups in total. The van der Waals surface area contributed by atoms with Crippen LogP contribution in [0.25, 0.3) is 0 Å². The summed E-state index contributed by atoms with van der Waals surface area (Å²) in [6, 6.07) is 8.42. The minimum absolute atomic E-state index is 0.0481. The second-order valence-corrected chi connectivity index (χ2v) is 6.90. The first-order valence-corrected chi connectivity index (χ1v) is 7.56. The highest BCUT2D eigenvalue weighted by atomic mass is 16.6. The molecule has 1 saturated heterocycles. The second-order valence-electron chi connectivity index (χ2n) is 6.90. The molecule has 0 radical (unpaired) electrons. The smallest absolute Gasteiger partial charge is 0.410 e. The molecule has 2 rings (SSSR count). The Labute approximate surface area is 127 Å². The summed E-state index contributed by atoms with van der Waals surface area (Å²) in [5.74, 6) is 0.309. The van der Waals surface area contributed by atoms with Crippen molar-refractivity contribution in [3.05, 3.63) is 35.4 Å². The molecule has 116 valence electrons. The highest BCUT2D eigenvalue weighted by Gasteiger charge is 2.32. The number of hydrogen-bond acceptors (Lipinski definition) is 3. The Morgan fingerprint density at radius 1 is 1.38 bits per heavy atom. The third-order valence-electron chi connectivity index (χ3n) is 3.78. The van der Waals surface area contributed by atoms with Crippen LogP contribution in [-0.4, -0.2) is 35.7 Å². The monoisotopic (exact) mass is 290 g/mol. The zero-order chi connectivity index (χ0) is 15.6. The van der Waals surface area contributed by atoms with Gasteiger partial charge in [0, 0.05) is 25.0 Å². The van der Waals surface area contributed by atoms with Crippen molar-refractivity contribution in [2.45, 2.75) is 51.7 Å². The lowest BCUT2D eigenvalue weighted by molar-refractivity contribution is 0.0186. The van der Waals surface area contributed by atoms with Crippen molar-refractivity contribution in [1.82, 2.24) is 4.90 Å². The number of nitrogens with two attached hydrogens (primary N) is 1. The molecule has 21 heavy (non-hydrogen) atoms. The highest BCUT2D eigenvalue weighted by molar-refractivity contribution is 5.68.